The maximum atomic E-state index is 11.7. The van der Waals surface area contributed by atoms with Gasteiger partial charge in [-0.2, -0.15) is 9.36 Å². The van der Waals surface area contributed by atoms with E-state index in [1.807, 2.05) is 0 Å². The quantitative estimate of drug-likeness (QED) is 0.135. The minimum atomic E-state index is -0.748. The fourth-order valence-electron chi connectivity index (χ4n) is 2.67. The van der Waals surface area contributed by atoms with Crippen molar-refractivity contribution in [2.45, 2.75) is 19.8 Å². The van der Waals surface area contributed by atoms with E-state index >= 15 is 0 Å². The molecule has 18 nitrogen and oxygen atoms in total. The summed E-state index contributed by atoms with van der Waals surface area (Å²) in [6, 6.07) is 0. The Morgan fingerprint density at radius 3 is 1.73 bits per heavy atom. The molecular formula is C19H20N10O8. The van der Waals surface area contributed by atoms with E-state index in [9.17, 15) is 28.8 Å². The Balaban J connectivity index is 0.000000206. The zero-order valence-electron chi connectivity index (χ0n) is 19.8. The van der Waals surface area contributed by atoms with Crippen LogP contribution in [0.4, 0.5) is 0 Å². The number of hydrogen-bond donors (Lipinski definition) is 0. The zero-order valence-corrected chi connectivity index (χ0v) is 19.8. The van der Waals surface area contributed by atoms with Gasteiger partial charge in [0.05, 0.1) is 13.2 Å². The van der Waals surface area contributed by atoms with Gasteiger partial charge < -0.3 is 14.3 Å². The van der Waals surface area contributed by atoms with Crippen LogP contribution in [0.25, 0.3) is 11.3 Å². The third kappa shape index (κ3) is 5.92. The van der Waals surface area contributed by atoms with E-state index in [1.165, 1.54) is 33.7 Å². The number of aromatic nitrogens is 10. The van der Waals surface area contributed by atoms with Crippen LogP contribution >= 0.6 is 0 Å². The van der Waals surface area contributed by atoms with Gasteiger partial charge in [-0.3, -0.25) is 4.79 Å². The number of aldehydes is 1. The number of carbonyl (C=O) groups is 4. The van der Waals surface area contributed by atoms with E-state index in [-0.39, 0.29) is 54.5 Å². The van der Waals surface area contributed by atoms with Gasteiger partial charge in [0.1, 0.15) is 24.7 Å². The van der Waals surface area contributed by atoms with Crippen molar-refractivity contribution in [1.29, 1.82) is 0 Å². The number of Topliss-reactive ketones (excluding diaryl/α,β-unsaturated/α-hetero) is 1. The molecule has 0 saturated carbocycles. The Kier molecular flexibility index (Phi) is 8.23. The lowest BCUT2D eigenvalue weighted by molar-refractivity contribution is -0.117. The highest BCUT2D eigenvalue weighted by atomic mass is 16.5. The van der Waals surface area contributed by atoms with Gasteiger partial charge in [0.25, 0.3) is 0 Å². The van der Waals surface area contributed by atoms with Crippen molar-refractivity contribution in [2.24, 2.45) is 14.1 Å². The molecule has 37 heavy (non-hydrogen) atoms. The fourth-order valence-corrected chi connectivity index (χ4v) is 2.67. The van der Waals surface area contributed by atoms with Gasteiger partial charge in [-0.15, -0.1) is 10.2 Å². The number of esters is 2. The molecule has 0 aliphatic rings. The first-order valence-corrected chi connectivity index (χ1v) is 10.5. The summed E-state index contributed by atoms with van der Waals surface area (Å²) in [5.41, 5.74) is -1.11. The Morgan fingerprint density at radius 1 is 0.838 bits per heavy atom. The van der Waals surface area contributed by atoms with Crippen molar-refractivity contribution in [3.8, 4) is 0 Å². The van der Waals surface area contributed by atoms with Gasteiger partial charge in [0.2, 0.25) is 0 Å². The highest BCUT2D eigenvalue weighted by Crippen LogP contribution is 2.06. The Morgan fingerprint density at radius 2 is 1.30 bits per heavy atom. The SMILES string of the molecule is CC(=O)CCOC(=O)c1ncn2c(=O)n(C)nnc12.Cn1nnc2c(C(=O)OCCC=O)ncn2c1=O. The van der Waals surface area contributed by atoms with Crippen molar-refractivity contribution >= 4 is 35.3 Å². The Labute approximate surface area is 205 Å². The van der Waals surface area contributed by atoms with Gasteiger partial charge in [-0.05, 0) is 6.92 Å². The van der Waals surface area contributed by atoms with Crippen LogP contribution < -0.4 is 11.4 Å². The fraction of sp³-hybridized carbons (Fsp3) is 0.368. The molecule has 0 spiro atoms. The first kappa shape index (κ1) is 26.4. The van der Waals surface area contributed by atoms with Crippen molar-refractivity contribution < 1.29 is 28.7 Å². The lowest BCUT2D eigenvalue weighted by Gasteiger charge is -2.01. The van der Waals surface area contributed by atoms with Gasteiger partial charge in [-0.25, -0.2) is 37.9 Å². The van der Waals surface area contributed by atoms with Crippen LogP contribution in [0, 0.1) is 0 Å². The zero-order chi connectivity index (χ0) is 27.1. The van der Waals surface area contributed by atoms with Crippen LogP contribution in [0.15, 0.2) is 22.2 Å². The number of aryl methyl sites for hydroxylation is 2. The molecule has 18 heteroatoms. The summed E-state index contributed by atoms with van der Waals surface area (Å²) in [6.45, 7) is 1.32. The maximum absolute atomic E-state index is 11.7. The molecule has 0 unspecified atom stereocenters. The topological polar surface area (TPSA) is 217 Å². The summed E-state index contributed by atoms with van der Waals surface area (Å²) in [5.74, 6) is -1.58. The molecule has 0 saturated heterocycles. The van der Waals surface area contributed by atoms with Crippen LogP contribution in [-0.2, 0) is 33.2 Å². The summed E-state index contributed by atoms with van der Waals surface area (Å²) in [6.07, 6.45) is 3.21. The molecule has 4 heterocycles. The molecule has 0 radical (unpaired) electrons. The second-order valence-electron chi connectivity index (χ2n) is 7.24. The van der Waals surface area contributed by atoms with Gasteiger partial charge in [0, 0.05) is 26.9 Å². The minimum absolute atomic E-state index is 0.0224. The van der Waals surface area contributed by atoms with Crippen LogP contribution in [0.5, 0.6) is 0 Å². The average Bonchev–Trinajstić information content (AvgIpc) is 3.49. The van der Waals surface area contributed by atoms with E-state index in [2.05, 4.69) is 30.6 Å². The van der Waals surface area contributed by atoms with Crippen LogP contribution in [0.1, 0.15) is 40.7 Å². The van der Waals surface area contributed by atoms with Gasteiger partial charge in [-0.1, -0.05) is 10.4 Å². The second kappa shape index (κ2) is 11.5. The molecule has 0 bridgehead atoms. The van der Waals surface area contributed by atoms with Crippen LogP contribution in [-0.4, -0.2) is 86.0 Å². The minimum Gasteiger partial charge on any atom is -0.460 e. The van der Waals surface area contributed by atoms with Crippen LogP contribution in [0.2, 0.25) is 0 Å². The van der Waals surface area contributed by atoms with Crippen LogP contribution in [0.3, 0.4) is 0 Å². The maximum Gasteiger partial charge on any atom is 0.360 e. The number of fused-ring (bicyclic) bond motifs is 2. The largest absolute Gasteiger partial charge is 0.460 e. The third-order valence-electron chi connectivity index (χ3n) is 4.54. The summed E-state index contributed by atoms with van der Waals surface area (Å²) < 4.78 is 13.8. The predicted molar refractivity (Wildman–Crippen MR) is 119 cm³/mol. The standard InChI is InChI=1S/C10H11N5O4.C9H9N5O4/c1-6(16)3-4-19-9(17)7-8-12-13-14(2)10(18)15(8)5-11-7;1-13-9(17)14-5-10-6(7(14)11-12-13)8(16)18-4-2-3-15/h5H,3-4H2,1-2H3;3,5H,2,4H2,1H3. The number of imidazole rings is 2. The number of carbonyl (C=O) groups excluding carboxylic acids is 4. The first-order valence-electron chi connectivity index (χ1n) is 10.5. The normalized spacial score (nSPS) is 10.6. The van der Waals surface area contributed by atoms with E-state index in [0.717, 1.165) is 18.2 Å². The summed E-state index contributed by atoms with van der Waals surface area (Å²) >= 11 is 0. The lowest BCUT2D eigenvalue weighted by atomic mass is 10.3. The van der Waals surface area contributed by atoms with E-state index in [0.29, 0.717) is 6.29 Å². The molecule has 4 aromatic rings. The molecule has 194 valence electrons. The average molecular weight is 516 g/mol. The lowest BCUT2D eigenvalue weighted by Crippen LogP contribution is -2.27. The first-order chi connectivity index (χ1) is 17.6. The van der Waals surface area contributed by atoms with E-state index < -0.39 is 23.3 Å². The number of nitrogens with zero attached hydrogens (tertiary/aromatic N) is 10. The molecule has 0 aliphatic heterocycles. The summed E-state index contributed by atoms with van der Waals surface area (Å²) in [7, 11) is 2.86. The highest BCUT2D eigenvalue weighted by Gasteiger charge is 2.19. The van der Waals surface area contributed by atoms with E-state index in [1.54, 1.807) is 0 Å². The van der Waals surface area contributed by atoms with Gasteiger partial charge in [0.15, 0.2) is 22.7 Å². The van der Waals surface area contributed by atoms with Crippen molar-refractivity contribution in [3.63, 3.8) is 0 Å². The predicted octanol–water partition coefficient (Wildman–Crippen LogP) is -2.47. The van der Waals surface area contributed by atoms with Crippen molar-refractivity contribution in [3.05, 3.63) is 45.0 Å². The Bertz CT molecular complexity index is 1600. The number of hydrogen-bond acceptors (Lipinski definition) is 14. The molecule has 4 rings (SSSR count). The number of ketones is 1. The second-order valence-corrected chi connectivity index (χ2v) is 7.24. The van der Waals surface area contributed by atoms with Crippen molar-refractivity contribution in [2.75, 3.05) is 13.2 Å². The van der Waals surface area contributed by atoms with Crippen molar-refractivity contribution in [1.82, 2.24) is 48.8 Å². The molecule has 0 fully saturated rings. The summed E-state index contributed by atoms with van der Waals surface area (Å²) in [4.78, 5) is 74.9. The third-order valence-corrected chi connectivity index (χ3v) is 4.54. The van der Waals surface area contributed by atoms with E-state index in [4.69, 9.17) is 9.47 Å². The molecule has 0 N–H and O–H groups in total. The molecule has 0 atom stereocenters. The number of ether oxygens (including phenoxy) is 2. The Hall–Kier alpha value is -5.16. The monoisotopic (exact) mass is 516 g/mol. The molecule has 4 aromatic heterocycles. The molecule has 0 aliphatic carbocycles. The molecular weight excluding hydrogens is 496 g/mol. The highest BCUT2D eigenvalue weighted by molar-refractivity contribution is 5.94. The molecule has 0 amide bonds. The summed E-state index contributed by atoms with van der Waals surface area (Å²) in [5, 5.41) is 14.5. The van der Waals surface area contributed by atoms with Gasteiger partial charge >= 0.3 is 23.3 Å². The number of rotatable bonds is 8. The smallest absolute Gasteiger partial charge is 0.360 e. The molecule has 0 aromatic carbocycles.